The van der Waals surface area contributed by atoms with Crippen LogP contribution in [0.25, 0.3) is 0 Å². The van der Waals surface area contributed by atoms with Gasteiger partial charge in [-0.15, -0.1) is 0 Å². The predicted molar refractivity (Wildman–Crippen MR) is 101 cm³/mol. The van der Waals surface area contributed by atoms with E-state index in [0.717, 1.165) is 12.8 Å². The molecule has 1 N–H and O–H groups in total. The molecule has 0 saturated carbocycles. The molecule has 1 atom stereocenters. The highest BCUT2D eigenvalue weighted by Crippen LogP contribution is 2.26. The Balaban J connectivity index is 1.61. The lowest BCUT2D eigenvalue weighted by Gasteiger charge is -2.22. The molecule has 4 heteroatoms. The van der Waals surface area contributed by atoms with Crippen LogP contribution in [0.4, 0.5) is 0 Å². The number of carbonyl (C=O) groups excluding carboxylic acids is 1. The van der Waals surface area contributed by atoms with E-state index in [2.05, 4.69) is 30.4 Å². The summed E-state index contributed by atoms with van der Waals surface area (Å²) >= 11 is 6.05. The zero-order valence-electron chi connectivity index (χ0n) is 14.6. The molecule has 1 aliphatic rings. The van der Waals surface area contributed by atoms with E-state index in [9.17, 15) is 4.79 Å². The van der Waals surface area contributed by atoms with Gasteiger partial charge in [-0.05, 0) is 60.9 Å². The van der Waals surface area contributed by atoms with Gasteiger partial charge in [-0.25, -0.2) is 0 Å². The fourth-order valence-electron chi connectivity index (χ4n) is 3.33. The van der Waals surface area contributed by atoms with Gasteiger partial charge in [-0.2, -0.15) is 0 Å². The number of fused-ring (bicyclic) bond motifs is 1. The molecule has 0 fully saturated rings. The van der Waals surface area contributed by atoms with E-state index in [4.69, 9.17) is 16.3 Å². The molecule has 25 heavy (non-hydrogen) atoms. The van der Waals surface area contributed by atoms with Gasteiger partial charge in [0.25, 0.3) is 5.91 Å². The Labute approximate surface area is 154 Å². The molecule has 2 aromatic rings. The summed E-state index contributed by atoms with van der Waals surface area (Å²) in [4.78, 5) is 12.3. The number of ether oxygens (including phenoxy) is 1. The van der Waals surface area contributed by atoms with Crippen LogP contribution in [0.15, 0.2) is 42.5 Å². The van der Waals surface area contributed by atoms with Crippen LogP contribution in [0.2, 0.25) is 5.02 Å². The highest BCUT2D eigenvalue weighted by Gasteiger charge is 2.16. The summed E-state index contributed by atoms with van der Waals surface area (Å²) in [6.07, 6.45) is 5.69. The largest absolute Gasteiger partial charge is 0.482 e. The molecular weight excluding hydrogens is 334 g/mol. The minimum atomic E-state index is -0.135. The number of hydrogen-bond donors (Lipinski definition) is 1. The van der Waals surface area contributed by atoms with Gasteiger partial charge in [0, 0.05) is 0 Å². The number of halogens is 1. The molecule has 0 heterocycles. The lowest BCUT2D eigenvalue weighted by Crippen LogP contribution is -2.32. The van der Waals surface area contributed by atoms with Crippen LogP contribution in [0, 0.1) is 0 Å². The smallest absolute Gasteiger partial charge is 0.258 e. The third-order valence-corrected chi connectivity index (χ3v) is 5.03. The van der Waals surface area contributed by atoms with Crippen molar-refractivity contribution in [2.45, 2.75) is 45.1 Å². The first-order valence-electron chi connectivity index (χ1n) is 8.95. The van der Waals surface area contributed by atoms with Gasteiger partial charge in [0.15, 0.2) is 6.61 Å². The number of aryl methyl sites for hydroxylation is 2. The summed E-state index contributed by atoms with van der Waals surface area (Å²) in [5.74, 6) is 0.394. The van der Waals surface area contributed by atoms with Crippen LogP contribution in [0.1, 0.15) is 48.9 Å². The minimum absolute atomic E-state index is 0.00886. The summed E-state index contributed by atoms with van der Waals surface area (Å²) in [6.45, 7) is 2.05. The van der Waals surface area contributed by atoms with Crippen molar-refractivity contribution >= 4 is 17.5 Å². The Morgan fingerprint density at radius 2 is 1.92 bits per heavy atom. The average Bonchev–Trinajstić information content (AvgIpc) is 2.65. The van der Waals surface area contributed by atoms with Gasteiger partial charge in [0.1, 0.15) is 5.75 Å². The highest BCUT2D eigenvalue weighted by molar-refractivity contribution is 6.32. The molecule has 0 spiro atoms. The van der Waals surface area contributed by atoms with Gasteiger partial charge in [-0.1, -0.05) is 48.9 Å². The normalized spacial score (nSPS) is 14.5. The predicted octanol–water partition coefficient (Wildman–Crippen LogP) is 4.87. The third-order valence-electron chi connectivity index (χ3n) is 4.71. The molecule has 1 aliphatic carbocycles. The second-order valence-corrected chi connectivity index (χ2v) is 6.89. The molecule has 0 aliphatic heterocycles. The van der Waals surface area contributed by atoms with Crippen LogP contribution >= 0.6 is 11.6 Å². The summed E-state index contributed by atoms with van der Waals surface area (Å²) < 4.78 is 5.53. The Morgan fingerprint density at radius 3 is 2.68 bits per heavy atom. The van der Waals surface area contributed by atoms with Crippen molar-refractivity contribution in [2.75, 3.05) is 6.61 Å². The van der Waals surface area contributed by atoms with Crippen molar-refractivity contribution in [1.82, 2.24) is 5.32 Å². The molecule has 0 saturated heterocycles. The minimum Gasteiger partial charge on any atom is -0.482 e. The summed E-state index contributed by atoms with van der Waals surface area (Å²) in [7, 11) is 0. The number of para-hydroxylation sites is 1. The number of carbonyl (C=O) groups is 1. The van der Waals surface area contributed by atoms with Crippen LogP contribution in [0.3, 0.4) is 0 Å². The zero-order chi connectivity index (χ0) is 17.6. The van der Waals surface area contributed by atoms with Gasteiger partial charge in [-0.3, -0.25) is 4.79 Å². The second-order valence-electron chi connectivity index (χ2n) is 6.48. The Morgan fingerprint density at radius 1 is 1.16 bits per heavy atom. The molecule has 0 aromatic heterocycles. The van der Waals surface area contributed by atoms with Crippen molar-refractivity contribution in [2.24, 2.45) is 0 Å². The molecule has 3 nitrogen and oxygen atoms in total. The van der Waals surface area contributed by atoms with Crippen molar-refractivity contribution in [1.29, 1.82) is 0 Å². The van der Waals surface area contributed by atoms with Crippen LogP contribution < -0.4 is 10.1 Å². The van der Waals surface area contributed by atoms with E-state index in [-0.39, 0.29) is 18.6 Å². The van der Waals surface area contributed by atoms with Crippen molar-refractivity contribution in [3.63, 3.8) is 0 Å². The Hall–Kier alpha value is -2.00. The first-order chi connectivity index (χ1) is 12.2. The van der Waals surface area contributed by atoms with Crippen molar-refractivity contribution in [3.8, 4) is 5.75 Å². The monoisotopic (exact) mass is 357 g/mol. The molecular formula is C21H24ClNO2. The Bertz CT molecular complexity index is 744. The summed E-state index contributed by atoms with van der Waals surface area (Å²) in [6, 6.07) is 13.8. The number of amides is 1. The molecule has 3 rings (SSSR count). The zero-order valence-corrected chi connectivity index (χ0v) is 15.3. The van der Waals surface area contributed by atoms with Gasteiger partial charge < -0.3 is 10.1 Å². The standard InChI is InChI=1S/C21H24ClNO2/c1-2-19(17-12-11-15-7-3-4-8-16(15)13-17)23-21(24)14-25-20-10-6-5-9-18(20)22/h5-6,9-13,19H,2-4,7-8,14H2,1H3,(H,23,24). The summed E-state index contributed by atoms with van der Waals surface area (Å²) in [5, 5.41) is 3.58. The number of hydrogen-bond acceptors (Lipinski definition) is 2. The van der Waals surface area contributed by atoms with E-state index in [0.29, 0.717) is 10.8 Å². The average molecular weight is 358 g/mol. The van der Waals surface area contributed by atoms with Crippen LogP contribution in [0.5, 0.6) is 5.75 Å². The first-order valence-corrected chi connectivity index (χ1v) is 9.33. The van der Waals surface area contributed by atoms with Crippen LogP contribution in [-0.4, -0.2) is 12.5 Å². The molecule has 132 valence electrons. The lowest BCUT2D eigenvalue weighted by molar-refractivity contribution is -0.123. The number of benzene rings is 2. The fourth-order valence-corrected chi connectivity index (χ4v) is 3.52. The van der Waals surface area contributed by atoms with E-state index in [1.807, 2.05) is 12.1 Å². The van der Waals surface area contributed by atoms with E-state index in [1.165, 1.54) is 36.0 Å². The fraction of sp³-hybridized carbons (Fsp3) is 0.381. The highest BCUT2D eigenvalue weighted by atomic mass is 35.5. The van der Waals surface area contributed by atoms with Crippen molar-refractivity contribution < 1.29 is 9.53 Å². The van der Waals surface area contributed by atoms with E-state index in [1.54, 1.807) is 12.1 Å². The number of nitrogens with one attached hydrogen (secondary N) is 1. The van der Waals surface area contributed by atoms with Gasteiger partial charge >= 0.3 is 0 Å². The number of rotatable bonds is 6. The molecule has 0 bridgehead atoms. The van der Waals surface area contributed by atoms with E-state index >= 15 is 0 Å². The summed E-state index contributed by atoms with van der Waals surface area (Å²) in [5.41, 5.74) is 4.07. The lowest BCUT2D eigenvalue weighted by atomic mass is 9.89. The van der Waals surface area contributed by atoms with Gasteiger partial charge in [0.2, 0.25) is 0 Å². The Kier molecular flexibility index (Phi) is 5.98. The third kappa shape index (κ3) is 4.55. The topological polar surface area (TPSA) is 38.3 Å². The maximum atomic E-state index is 12.3. The molecule has 2 aromatic carbocycles. The second kappa shape index (κ2) is 8.39. The van der Waals surface area contributed by atoms with Gasteiger partial charge in [0.05, 0.1) is 11.1 Å². The maximum absolute atomic E-state index is 12.3. The maximum Gasteiger partial charge on any atom is 0.258 e. The molecule has 1 unspecified atom stereocenters. The quantitative estimate of drug-likeness (QED) is 0.801. The van der Waals surface area contributed by atoms with E-state index < -0.39 is 0 Å². The molecule has 1 amide bonds. The SMILES string of the molecule is CCC(NC(=O)COc1ccccc1Cl)c1ccc2c(c1)CCCC2. The molecule has 0 radical (unpaired) electrons. The van der Waals surface area contributed by atoms with Crippen LogP contribution in [-0.2, 0) is 17.6 Å². The first kappa shape index (κ1) is 17.8. The van der Waals surface area contributed by atoms with Crippen molar-refractivity contribution in [3.05, 3.63) is 64.2 Å².